The summed E-state index contributed by atoms with van der Waals surface area (Å²) >= 11 is 0. The fraction of sp³-hybridized carbons (Fsp3) is 0.625. The summed E-state index contributed by atoms with van der Waals surface area (Å²) in [6.07, 6.45) is 4.18. The van der Waals surface area contributed by atoms with E-state index in [4.69, 9.17) is 9.47 Å². The summed E-state index contributed by atoms with van der Waals surface area (Å²) in [5.74, 6) is 1.79. The van der Waals surface area contributed by atoms with Crippen molar-refractivity contribution < 1.29 is 9.47 Å². The third-order valence-corrected chi connectivity index (χ3v) is 4.04. The van der Waals surface area contributed by atoms with Gasteiger partial charge in [0.15, 0.2) is 0 Å². The fourth-order valence-electron chi connectivity index (χ4n) is 2.49. The van der Waals surface area contributed by atoms with E-state index in [0.717, 1.165) is 23.8 Å². The number of benzene rings is 1. The topological polar surface area (TPSA) is 30.5 Å². The van der Waals surface area contributed by atoms with Crippen LogP contribution in [-0.4, -0.2) is 20.8 Å². The summed E-state index contributed by atoms with van der Waals surface area (Å²) in [5, 5.41) is 3.63. The van der Waals surface area contributed by atoms with Crippen molar-refractivity contribution in [3.05, 3.63) is 29.3 Å². The molecule has 0 spiro atoms. The van der Waals surface area contributed by atoms with Crippen molar-refractivity contribution >= 4 is 0 Å². The van der Waals surface area contributed by atoms with Crippen LogP contribution >= 0.6 is 0 Å². The van der Waals surface area contributed by atoms with Crippen LogP contribution in [0.3, 0.4) is 0 Å². The van der Waals surface area contributed by atoms with Crippen LogP contribution in [0.5, 0.6) is 5.75 Å². The Labute approximate surface area is 116 Å². The van der Waals surface area contributed by atoms with Crippen molar-refractivity contribution in [2.75, 3.05) is 20.8 Å². The molecule has 1 N–H and O–H groups in total. The molecule has 1 aliphatic rings. The Morgan fingerprint density at radius 3 is 2.68 bits per heavy atom. The van der Waals surface area contributed by atoms with Crippen LogP contribution in [0.2, 0.25) is 0 Å². The number of rotatable bonds is 7. The predicted octanol–water partition coefficient (Wildman–Crippen LogP) is 3.29. The van der Waals surface area contributed by atoms with Crippen molar-refractivity contribution in [3.63, 3.8) is 0 Å². The zero-order valence-corrected chi connectivity index (χ0v) is 12.2. The van der Waals surface area contributed by atoms with Crippen molar-refractivity contribution in [1.82, 2.24) is 5.32 Å². The van der Waals surface area contributed by atoms with Crippen molar-refractivity contribution in [2.24, 2.45) is 5.92 Å². The number of hydrogen-bond donors (Lipinski definition) is 1. The second kappa shape index (κ2) is 6.92. The molecule has 0 amide bonds. The van der Waals surface area contributed by atoms with E-state index in [9.17, 15) is 0 Å². The van der Waals surface area contributed by atoms with E-state index in [2.05, 4.69) is 24.4 Å². The highest BCUT2D eigenvalue weighted by Gasteiger charge is 2.18. The lowest BCUT2D eigenvalue weighted by Gasteiger charge is -2.27. The first-order valence-corrected chi connectivity index (χ1v) is 7.13. The standard InChI is InChI=1S/C16H25NO2/c1-12(17-10-13-5-4-6-13)14-7-8-16(19-3)15(9-14)11-18-2/h7-9,12-13,17H,4-6,10-11H2,1-3H3. The molecular weight excluding hydrogens is 238 g/mol. The summed E-state index contributed by atoms with van der Waals surface area (Å²) in [6, 6.07) is 6.73. The molecule has 1 aliphatic carbocycles. The maximum absolute atomic E-state index is 5.36. The van der Waals surface area contributed by atoms with Gasteiger partial charge in [0.1, 0.15) is 5.75 Å². The van der Waals surface area contributed by atoms with Gasteiger partial charge in [-0.25, -0.2) is 0 Å². The molecule has 1 unspecified atom stereocenters. The lowest BCUT2D eigenvalue weighted by molar-refractivity contribution is 0.181. The van der Waals surface area contributed by atoms with Crippen LogP contribution in [0.4, 0.5) is 0 Å². The van der Waals surface area contributed by atoms with Crippen LogP contribution in [0.25, 0.3) is 0 Å². The molecule has 0 aliphatic heterocycles. The number of hydrogen-bond acceptors (Lipinski definition) is 3. The van der Waals surface area contributed by atoms with Gasteiger partial charge in [-0.3, -0.25) is 0 Å². The minimum absolute atomic E-state index is 0.377. The first kappa shape index (κ1) is 14.4. The van der Waals surface area contributed by atoms with Crippen molar-refractivity contribution in [2.45, 2.75) is 38.8 Å². The SMILES string of the molecule is COCc1cc(C(C)NCC2CCC2)ccc1OC. The maximum Gasteiger partial charge on any atom is 0.124 e. The minimum atomic E-state index is 0.377. The molecule has 3 nitrogen and oxygen atoms in total. The maximum atomic E-state index is 5.36. The summed E-state index contributed by atoms with van der Waals surface area (Å²) in [7, 11) is 3.41. The summed E-state index contributed by atoms with van der Waals surface area (Å²) in [6.45, 7) is 3.94. The van der Waals surface area contributed by atoms with Crippen LogP contribution in [0.15, 0.2) is 18.2 Å². The van der Waals surface area contributed by atoms with Crippen molar-refractivity contribution in [3.8, 4) is 5.75 Å². The van der Waals surface area contributed by atoms with Crippen molar-refractivity contribution in [1.29, 1.82) is 0 Å². The zero-order valence-electron chi connectivity index (χ0n) is 12.2. The van der Waals surface area contributed by atoms with Gasteiger partial charge < -0.3 is 14.8 Å². The Kier molecular flexibility index (Phi) is 5.23. The van der Waals surface area contributed by atoms with Gasteiger partial charge in [0.25, 0.3) is 0 Å². The minimum Gasteiger partial charge on any atom is -0.496 e. The Morgan fingerprint density at radius 1 is 1.32 bits per heavy atom. The molecule has 0 saturated heterocycles. The summed E-state index contributed by atoms with van der Waals surface area (Å²) < 4.78 is 10.6. The molecule has 1 atom stereocenters. The van der Waals surface area contributed by atoms with Gasteiger partial charge in [-0.15, -0.1) is 0 Å². The highest BCUT2D eigenvalue weighted by atomic mass is 16.5. The first-order valence-electron chi connectivity index (χ1n) is 7.13. The Balaban J connectivity index is 1.99. The molecule has 1 aromatic carbocycles. The molecule has 2 rings (SSSR count). The monoisotopic (exact) mass is 263 g/mol. The van der Waals surface area contributed by atoms with Crippen LogP contribution in [0.1, 0.15) is 43.4 Å². The highest BCUT2D eigenvalue weighted by molar-refractivity contribution is 5.38. The Morgan fingerprint density at radius 2 is 2.11 bits per heavy atom. The van der Waals surface area contributed by atoms with Crippen LogP contribution in [-0.2, 0) is 11.3 Å². The molecule has 0 radical (unpaired) electrons. The number of nitrogens with one attached hydrogen (secondary N) is 1. The normalized spacial score (nSPS) is 17.0. The molecule has 0 heterocycles. The Bertz CT molecular complexity index is 402. The van der Waals surface area contributed by atoms with Gasteiger partial charge in [0.2, 0.25) is 0 Å². The largest absolute Gasteiger partial charge is 0.496 e. The Hall–Kier alpha value is -1.06. The summed E-state index contributed by atoms with van der Waals surface area (Å²) in [4.78, 5) is 0. The second-order valence-electron chi connectivity index (χ2n) is 5.43. The predicted molar refractivity (Wildman–Crippen MR) is 77.5 cm³/mol. The van der Waals surface area contributed by atoms with E-state index in [-0.39, 0.29) is 0 Å². The first-order chi connectivity index (χ1) is 9.24. The molecule has 0 aromatic heterocycles. The van der Waals surface area contributed by atoms with E-state index in [1.165, 1.54) is 24.8 Å². The lowest BCUT2D eigenvalue weighted by Crippen LogP contribution is -2.29. The summed E-state index contributed by atoms with van der Waals surface area (Å²) in [5.41, 5.74) is 2.41. The molecule has 106 valence electrons. The van der Waals surface area contributed by atoms with E-state index in [1.807, 2.05) is 6.07 Å². The molecule has 1 fully saturated rings. The smallest absolute Gasteiger partial charge is 0.124 e. The third kappa shape index (κ3) is 3.71. The van der Waals surface area contributed by atoms with E-state index in [1.54, 1.807) is 14.2 Å². The highest BCUT2D eigenvalue weighted by Crippen LogP contribution is 2.27. The van der Waals surface area contributed by atoms with Gasteiger partial charge in [0.05, 0.1) is 13.7 Å². The van der Waals surface area contributed by atoms with Gasteiger partial charge >= 0.3 is 0 Å². The van der Waals surface area contributed by atoms with Crippen LogP contribution < -0.4 is 10.1 Å². The van der Waals surface area contributed by atoms with E-state index >= 15 is 0 Å². The lowest BCUT2D eigenvalue weighted by atomic mass is 9.85. The quantitative estimate of drug-likeness (QED) is 0.819. The van der Waals surface area contributed by atoms with Gasteiger partial charge in [0, 0.05) is 18.7 Å². The van der Waals surface area contributed by atoms with Crippen LogP contribution in [0, 0.1) is 5.92 Å². The van der Waals surface area contributed by atoms with Gasteiger partial charge in [-0.1, -0.05) is 12.5 Å². The number of methoxy groups -OCH3 is 2. The second-order valence-corrected chi connectivity index (χ2v) is 5.43. The average Bonchev–Trinajstić information content (AvgIpc) is 2.37. The third-order valence-electron chi connectivity index (χ3n) is 4.04. The molecule has 1 saturated carbocycles. The van der Waals surface area contributed by atoms with Gasteiger partial charge in [-0.05, 0) is 49.9 Å². The van der Waals surface area contributed by atoms with Gasteiger partial charge in [-0.2, -0.15) is 0 Å². The molecule has 1 aromatic rings. The average molecular weight is 263 g/mol. The molecule has 3 heteroatoms. The molecule has 19 heavy (non-hydrogen) atoms. The number of ether oxygens (including phenoxy) is 2. The zero-order chi connectivity index (χ0) is 13.7. The molecular formula is C16H25NO2. The molecule has 0 bridgehead atoms. The fourth-order valence-corrected chi connectivity index (χ4v) is 2.49. The van der Waals surface area contributed by atoms with E-state index < -0.39 is 0 Å². The van der Waals surface area contributed by atoms with E-state index in [0.29, 0.717) is 12.6 Å².